The van der Waals surface area contributed by atoms with Gasteiger partial charge in [-0.1, -0.05) is 66.2 Å². The summed E-state index contributed by atoms with van der Waals surface area (Å²) in [7, 11) is -0.474. The molecule has 0 aliphatic rings. The zero-order valence-corrected chi connectivity index (χ0v) is 11.1. The Balaban J connectivity index is 2.03. The maximum absolute atomic E-state index is 3.75. The van der Waals surface area contributed by atoms with E-state index in [-0.39, 0.29) is 0 Å². The molecular weight excluding hydrogens is 220 g/mol. The third-order valence-electron chi connectivity index (χ3n) is 2.51. The van der Waals surface area contributed by atoms with Crippen LogP contribution in [0.1, 0.15) is 11.1 Å². The van der Waals surface area contributed by atoms with Gasteiger partial charge in [-0.15, -0.1) is 5.54 Å². The first-order valence-corrected chi connectivity index (χ1v) is 7.05. The molecular formula is C16H14Si. The van der Waals surface area contributed by atoms with Crippen LogP contribution >= 0.6 is 0 Å². The predicted octanol–water partition coefficient (Wildman–Crippen LogP) is 2.13. The summed E-state index contributed by atoms with van der Waals surface area (Å²) in [6, 6.07) is 18.6. The molecule has 2 aromatic rings. The lowest BCUT2D eigenvalue weighted by Gasteiger charge is -1.95. The van der Waals surface area contributed by atoms with E-state index in [0.29, 0.717) is 0 Å². The monoisotopic (exact) mass is 234 g/mol. The summed E-state index contributed by atoms with van der Waals surface area (Å²) in [5.41, 5.74) is 5.58. The minimum absolute atomic E-state index is 0.474. The molecule has 0 spiro atoms. The van der Waals surface area contributed by atoms with E-state index in [2.05, 4.69) is 42.3 Å². The molecule has 0 nitrogen and oxygen atoms in total. The Hall–Kier alpha value is -2.04. The molecule has 0 aliphatic heterocycles. The van der Waals surface area contributed by atoms with Gasteiger partial charge in [0.1, 0.15) is 9.52 Å². The van der Waals surface area contributed by atoms with Crippen molar-refractivity contribution < 1.29 is 0 Å². The highest BCUT2D eigenvalue weighted by atomic mass is 28.2. The first-order valence-electron chi connectivity index (χ1n) is 5.64. The van der Waals surface area contributed by atoms with Crippen molar-refractivity contribution in [1.82, 2.24) is 0 Å². The summed E-state index contributed by atoms with van der Waals surface area (Å²) in [6.07, 6.45) is 1.86. The fourth-order valence-electron chi connectivity index (χ4n) is 1.54. The summed E-state index contributed by atoms with van der Waals surface area (Å²) < 4.78 is 0. The van der Waals surface area contributed by atoms with E-state index >= 15 is 0 Å². The van der Waals surface area contributed by atoms with Crippen molar-refractivity contribution in [3.63, 3.8) is 0 Å². The second-order valence-corrected chi connectivity index (χ2v) is 5.31. The van der Waals surface area contributed by atoms with E-state index in [1.807, 2.05) is 36.4 Å². The van der Waals surface area contributed by atoms with Gasteiger partial charge in [0.15, 0.2) is 0 Å². The first-order chi connectivity index (χ1) is 8.38. The molecule has 1 heteroatoms. The Bertz CT molecular complexity index is 542. The second-order valence-electron chi connectivity index (χ2n) is 3.79. The Labute approximate surface area is 105 Å². The SMILES string of the molecule is C=Cc1ccc([SiH2]C#Cc2ccccc2)cc1. The van der Waals surface area contributed by atoms with Gasteiger partial charge in [-0.3, -0.25) is 0 Å². The smallest absolute Gasteiger partial charge is 0.129 e. The second kappa shape index (κ2) is 5.88. The highest BCUT2D eigenvalue weighted by Gasteiger charge is 1.90. The van der Waals surface area contributed by atoms with Crippen LogP contribution in [0.3, 0.4) is 0 Å². The van der Waals surface area contributed by atoms with Crippen molar-refractivity contribution in [2.45, 2.75) is 0 Å². The molecule has 0 fully saturated rings. The van der Waals surface area contributed by atoms with Crippen molar-refractivity contribution in [2.24, 2.45) is 0 Å². The van der Waals surface area contributed by atoms with Crippen LogP contribution in [-0.4, -0.2) is 9.52 Å². The van der Waals surface area contributed by atoms with Crippen LogP contribution in [0.5, 0.6) is 0 Å². The zero-order chi connectivity index (χ0) is 11.9. The van der Waals surface area contributed by atoms with Crippen molar-refractivity contribution in [1.29, 1.82) is 0 Å². The Morgan fingerprint density at radius 1 is 0.941 bits per heavy atom. The van der Waals surface area contributed by atoms with E-state index in [9.17, 15) is 0 Å². The summed E-state index contributed by atoms with van der Waals surface area (Å²) >= 11 is 0. The predicted molar refractivity (Wildman–Crippen MR) is 78.0 cm³/mol. The van der Waals surface area contributed by atoms with Crippen LogP contribution in [0.2, 0.25) is 0 Å². The molecule has 82 valence electrons. The van der Waals surface area contributed by atoms with Gasteiger partial charge in [0, 0.05) is 5.56 Å². The number of rotatable bonds is 2. The third-order valence-corrected chi connectivity index (χ3v) is 3.75. The third kappa shape index (κ3) is 3.48. The minimum Gasteiger partial charge on any atom is -0.129 e. The lowest BCUT2D eigenvalue weighted by molar-refractivity contribution is 1.65. The fourth-order valence-corrected chi connectivity index (χ4v) is 2.51. The van der Waals surface area contributed by atoms with Gasteiger partial charge >= 0.3 is 0 Å². The van der Waals surface area contributed by atoms with Crippen LogP contribution in [0.25, 0.3) is 6.08 Å². The number of hydrogen-bond donors (Lipinski definition) is 0. The van der Waals surface area contributed by atoms with Crippen LogP contribution in [0.15, 0.2) is 61.2 Å². The summed E-state index contributed by atoms with van der Waals surface area (Å²) in [6.45, 7) is 3.75. The highest BCUT2D eigenvalue weighted by Crippen LogP contribution is 1.97. The molecule has 0 bridgehead atoms. The van der Waals surface area contributed by atoms with Gasteiger partial charge in [-0.2, -0.15) is 0 Å². The summed E-state index contributed by atoms with van der Waals surface area (Å²) in [4.78, 5) is 0. The van der Waals surface area contributed by atoms with Crippen LogP contribution < -0.4 is 5.19 Å². The normalized spacial score (nSPS) is 9.88. The van der Waals surface area contributed by atoms with Gasteiger partial charge in [0.25, 0.3) is 0 Å². The van der Waals surface area contributed by atoms with Gasteiger partial charge in [-0.25, -0.2) is 0 Å². The molecule has 0 radical (unpaired) electrons. The van der Waals surface area contributed by atoms with Gasteiger partial charge in [0.2, 0.25) is 0 Å². The van der Waals surface area contributed by atoms with Gasteiger partial charge in [0.05, 0.1) is 0 Å². The Morgan fingerprint density at radius 3 is 2.29 bits per heavy atom. The van der Waals surface area contributed by atoms with Crippen LogP contribution in [0, 0.1) is 11.5 Å². The molecule has 0 aromatic heterocycles. The maximum atomic E-state index is 3.75. The molecule has 0 saturated carbocycles. The molecule has 17 heavy (non-hydrogen) atoms. The average molecular weight is 234 g/mol. The molecule has 0 saturated heterocycles. The maximum Gasteiger partial charge on any atom is 0.138 e. The van der Waals surface area contributed by atoms with E-state index in [1.165, 1.54) is 10.8 Å². The van der Waals surface area contributed by atoms with Crippen molar-refractivity contribution in [2.75, 3.05) is 0 Å². The molecule has 0 atom stereocenters. The average Bonchev–Trinajstić information content (AvgIpc) is 2.41. The standard InChI is InChI=1S/C16H14Si/c1-2-14-8-10-16(11-9-14)17-13-12-15-6-4-3-5-7-15/h2-11H,1,17H2. The quantitative estimate of drug-likeness (QED) is 0.551. The summed E-state index contributed by atoms with van der Waals surface area (Å²) in [5.74, 6) is 3.21. The van der Waals surface area contributed by atoms with Crippen LogP contribution in [-0.2, 0) is 0 Å². The lowest BCUT2D eigenvalue weighted by atomic mass is 10.2. The van der Waals surface area contributed by atoms with Crippen molar-refractivity contribution in [3.8, 4) is 11.5 Å². The first kappa shape index (κ1) is 11.4. The molecule has 0 aliphatic carbocycles. The molecule has 2 aromatic carbocycles. The van der Waals surface area contributed by atoms with E-state index in [1.54, 1.807) is 0 Å². The van der Waals surface area contributed by atoms with Crippen LogP contribution in [0.4, 0.5) is 0 Å². The number of benzene rings is 2. The molecule has 0 unspecified atom stereocenters. The summed E-state index contributed by atoms with van der Waals surface area (Å²) in [5, 5.41) is 1.37. The molecule has 2 rings (SSSR count). The lowest BCUT2D eigenvalue weighted by Crippen LogP contribution is -2.11. The molecule has 0 amide bonds. The van der Waals surface area contributed by atoms with Gasteiger partial charge < -0.3 is 0 Å². The highest BCUT2D eigenvalue weighted by molar-refractivity contribution is 6.61. The molecule has 0 N–H and O–H groups in total. The van der Waals surface area contributed by atoms with Crippen molar-refractivity contribution in [3.05, 3.63) is 72.3 Å². The van der Waals surface area contributed by atoms with E-state index in [0.717, 1.165) is 5.56 Å². The Kier molecular flexibility index (Phi) is 3.96. The topological polar surface area (TPSA) is 0 Å². The van der Waals surface area contributed by atoms with E-state index in [4.69, 9.17) is 0 Å². The van der Waals surface area contributed by atoms with E-state index < -0.39 is 9.52 Å². The number of hydrogen-bond acceptors (Lipinski definition) is 0. The zero-order valence-electron chi connectivity index (χ0n) is 9.69. The largest absolute Gasteiger partial charge is 0.138 e. The van der Waals surface area contributed by atoms with Crippen molar-refractivity contribution >= 4 is 20.8 Å². The molecule has 0 heterocycles. The Morgan fingerprint density at radius 2 is 1.65 bits per heavy atom. The van der Waals surface area contributed by atoms with Gasteiger partial charge in [-0.05, 0) is 17.7 Å². The fraction of sp³-hybridized carbons (Fsp3) is 0. The minimum atomic E-state index is -0.474.